The van der Waals surface area contributed by atoms with Gasteiger partial charge in [-0.2, -0.15) is 0 Å². The van der Waals surface area contributed by atoms with Gasteiger partial charge in [-0.15, -0.1) is 0 Å². The smallest absolute Gasteiger partial charge is 0.224 e. The maximum absolute atomic E-state index is 13.0. The number of halogens is 1. The van der Waals surface area contributed by atoms with Gasteiger partial charge in [0.2, 0.25) is 5.91 Å². The molecule has 0 aliphatic carbocycles. The number of likely N-dealkylation sites (tertiary alicyclic amines) is 1. The van der Waals surface area contributed by atoms with E-state index in [1.165, 1.54) is 12.1 Å². The number of amides is 1. The second-order valence-electron chi connectivity index (χ2n) is 7.37. The molecule has 1 aliphatic heterocycles. The number of hydrogen-bond donors (Lipinski definition) is 1. The summed E-state index contributed by atoms with van der Waals surface area (Å²) in [5.41, 5.74) is 2.49. The van der Waals surface area contributed by atoms with Crippen LogP contribution in [0.4, 0.5) is 10.1 Å². The monoisotopic (exact) mass is 394 g/mol. The molecule has 1 heterocycles. The molecule has 1 aliphatic rings. The summed E-state index contributed by atoms with van der Waals surface area (Å²) in [6, 6.07) is 13.6. The van der Waals surface area contributed by atoms with E-state index in [-0.39, 0.29) is 23.4 Å². The normalized spacial score (nSPS) is 15.5. The van der Waals surface area contributed by atoms with E-state index in [1.54, 1.807) is 12.1 Å². The van der Waals surface area contributed by atoms with Crippen molar-refractivity contribution in [2.45, 2.75) is 26.2 Å². The average Bonchev–Trinajstić information content (AvgIpc) is 2.75. The number of hydrogen-bond acceptors (Lipinski definition) is 3. The summed E-state index contributed by atoms with van der Waals surface area (Å²) in [5.74, 6) is -0.167. The SMILES string of the molecule is CCC(=O)Nc1ccc(/C=C/CN2CCC(C(=O)c3ccc(F)cc3)CC2)cc1. The molecule has 2 aromatic carbocycles. The Morgan fingerprint density at radius 1 is 1.07 bits per heavy atom. The molecule has 1 fully saturated rings. The molecule has 2 aromatic rings. The van der Waals surface area contributed by atoms with Crippen molar-refractivity contribution < 1.29 is 14.0 Å². The summed E-state index contributed by atoms with van der Waals surface area (Å²) in [6.07, 6.45) is 6.32. The van der Waals surface area contributed by atoms with Crippen molar-refractivity contribution in [3.63, 3.8) is 0 Å². The van der Waals surface area contributed by atoms with E-state index >= 15 is 0 Å². The molecular weight excluding hydrogens is 367 g/mol. The first-order valence-corrected chi connectivity index (χ1v) is 10.1. The predicted molar refractivity (Wildman–Crippen MR) is 114 cm³/mol. The number of piperidine rings is 1. The van der Waals surface area contributed by atoms with Crippen molar-refractivity contribution in [1.82, 2.24) is 4.90 Å². The van der Waals surface area contributed by atoms with Gasteiger partial charge in [-0.25, -0.2) is 4.39 Å². The minimum absolute atomic E-state index is 0.00889. The summed E-state index contributed by atoms with van der Waals surface area (Å²) >= 11 is 0. The highest BCUT2D eigenvalue weighted by molar-refractivity contribution is 5.97. The Hall–Kier alpha value is -2.79. The van der Waals surface area contributed by atoms with Crippen LogP contribution >= 0.6 is 0 Å². The van der Waals surface area contributed by atoms with E-state index in [1.807, 2.05) is 31.2 Å². The first-order chi connectivity index (χ1) is 14.0. The molecule has 0 aromatic heterocycles. The van der Waals surface area contributed by atoms with Crippen LogP contribution in [0.1, 0.15) is 42.1 Å². The van der Waals surface area contributed by atoms with Gasteiger partial charge >= 0.3 is 0 Å². The lowest BCUT2D eigenvalue weighted by Gasteiger charge is -2.30. The molecule has 4 nitrogen and oxygen atoms in total. The fraction of sp³-hybridized carbons (Fsp3) is 0.333. The van der Waals surface area contributed by atoms with Crippen LogP contribution in [-0.2, 0) is 4.79 Å². The Labute approximate surface area is 171 Å². The number of carbonyl (C=O) groups excluding carboxylic acids is 2. The summed E-state index contributed by atoms with van der Waals surface area (Å²) in [4.78, 5) is 26.3. The Bertz CT molecular complexity index is 851. The molecule has 0 radical (unpaired) electrons. The molecule has 0 unspecified atom stereocenters. The summed E-state index contributed by atoms with van der Waals surface area (Å²) < 4.78 is 13.0. The molecule has 152 valence electrons. The van der Waals surface area contributed by atoms with Crippen LogP contribution in [-0.4, -0.2) is 36.2 Å². The lowest BCUT2D eigenvalue weighted by molar-refractivity contribution is -0.115. The largest absolute Gasteiger partial charge is 0.326 e. The van der Waals surface area contributed by atoms with E-state index in [0.717, 1.165) is 43.7 Å². The van der Waals surface area contributed by atoms with Gasteiger partial charge in [0.05, 0.1) is 0 Å². The number of nitrogens with one attached hydrogen (secondary N) is 1. The van der Waals surface area contributed by atoms with Gasteiger partial charge < -0.3 is 5.32 Å². The molecule has 3 rings (SSSR count). The van der Waals surface area contributed by atoms with E-state index in [0.29, 0.717) is 12.0 Å². The zero-order valence-corrected chi connectivity index (χ0v) is 16.7. The molecular formula is C24H27FN2O2. The van der Waals surface area contributed by atoms with Crippen LogP contribution in [0, 0.1) is 11.7 Å². The Balaban J connectivity index is 1.44. The van der Waals surface area contributed by atoms with Gasteiger partial charge in [0, 0.05) is 30.1 Å². The van der Waals surface area contributed by atoms with E-state index in [2.05, 4.69) is 22.4 Å². The van der Waals surface area contributed by atoms with Gasteiger partial charge in [0.1, 0.15) is 5.82 Å². The Morgan fingerprint density at radius 3 is 2.34 bits per heavy atom. The number of benzene rings is 2. The van der Waals surface area contributed by atoms with Crippen molar-refractivity contribution in [2.75, 3.05) is 25.0 Å². The van der Waals surface area contributed by atoms with Gasteiger partial charge in [-0.05, 0) is 67.9 Å². The van der Waals surface area contributed by atoms with Crippen LogP contribution in [0.15, 0.2) is 54.6 Å². The van der Waals surface area contributed by atoms with Crippen LogP contribution in [0.2, 0.25) is 0 Å². The van der Waals surface area contributed by atoms with Gasteiger partial charge in [0.25, 0.3) is 0 Å². The zero-order chi connectivity index (χ0) is 20.6. The molecule has 29 heavy (non-hydrogen) atoms. The number of ketones is 1. The zero-order valence-electron chi connectivity index (χ0n) is 16.7. The van der Waals surface area contributed by atoms with Crippen molar-refractivity contribution in [3.05, 3.63) is 71.6 Å². The lowest BCUT2D eigenvalue weighted by Crippen LogP contribution is -2.36. The second-order valence-corrected chi connectivity index (χ2v) is 7.37. The molecule has 1 saturated heterocycles. The van der Waals surface area contributed by atoms with E-state index in [4.69, 9.17) is 0 Å². The number of anilines is 1. The fourth-order valence-corrected chi connectivity index (χ4v) is 3.49. The van der Waals surface area contributed by atoms with Gasteiger partial charge in [-0.1, -0.05) is 31.2 Å². The Morgan fingerprint density at radius 2 is 1.72 bits per heavy atom. The first kappa shape index (κ1) is 20.9. The number of nitrogens with zero attached hydrogens (tertiary/aromatic N) is 1. The quantitative estimate of drug-likeness (QED) is 0.688. The molecule has 0 atom stereocenters. The molecule has 1 amide bonds. The maximum atomic E-state index is 13.0. The Kier molecular flexibility index (Phi) is 7.30. The predicted octanol–water partition coefficient (Wildman–Crippen LogP) is 4.78. The third kappa shape index (κ3) is 6.09. The minimum atomic E-state index is -0.316. The fourth-order valence-electron chi connectivity index (χ4n) is 3.49. The topological polar surface area (TPSA) is 49.4 Å². The first-order valence-electron chi connectivity index (χ1n) is 10.1. The van der Waals surface area contributed by atoms with Crippen LogP contribution < -0.4 is 5.32 Å². The third-order valence-electron chi connectivity index (χ3n) is 5.28. The molecule has 0 saturated carbocycles. The standard InChI is InChI=1S/C24H27FN2O2/c1-2-23(28)26-22-11-5-18(6-12-22)4-3-15-27-16-13-20(14-17-27)24(29)19-7-9-21(25)10-8-19/h3-12,20H,2,13-17H2,1H3,(H,26,28)/b4-3+. The van der Waals surface area contributed by atoms with E-state index in [9.17, 15) is 14.0 Å². The molecule has 5 heteroatoms. The highest BCUT2D eigenvalue weighted by Gasteiger charge is 2.25. The van der Waals surface area contributed by atoms with Crippen LogP contribution in [0.25, 0.3) is 6.08 Å². The van der Waals surface area contributed by atoms with Crippen molar-refractivity contribution in [2.24, 2.45) is 5.92 Å². The van der Waals surface area contributed by atoms with Crippen LogP contribution in [0.5, 0.6) is 0 Å². The van der Waals surface area contributed by atoms with E-state index < -0.39 is 0 Å². The molecule has 0 bridgehead atoms. The third-order valence-corrected chi connectivity index (χ3v) is 5.28. The van der Waals surface area contributed by atoms with Crippen molar-refractivity contribution in [1.29, 1.82) is 0 Å². The highest BCUT2D eigenvalue weighted by Crippen LogP contribution is 2.22. The van der Waals surface area contributed by atoms with Crippen molar-refractivity contribution in [3.8, 4) is 0 Å². The minimum Gasteiger partial charge on any atom is -0.326 e. The lowest BCUT2D eigenvalue weighted by atomic mass is 9.89. The molecule has 1 N–H and O–H groups in total. The summed E-state index contributed by atoms with van der Waals surface area (Å²) in [5, 5.41) is 2.84. The van der Waals surface area contributed by atoms with Crippen LogP contribution in [0.3, 0.4) is 0 Å². The summed E-state index contributed by atoms with van der Waals surface area (Å²) in [7, 11) is 0. The van der Waals surface area contributed by atoms with Crippen molar-refractivity contribution >= 4 is 23.5 Å². The summed E-state index contributed by atoms with van der Waals surface area (Å²) in [6.45, 7) is 4.42. The average molecular weight is 394 g/mol. The second kappa shape index (κ2) is 10.1. The molecule has 0 spiro atoms. The number of rotatable bonds is 7. The highest BCUT2D eigenvalue weighted by atomic mass is 19.1. The maximum Gasteiger partial charge on any atom is 0.224 e. The number of carbonyl (C=O) groups is 2. The van der Waals surface area contributed by atoms with Gasteiger partial charge in [-0.3, -0.25) is 14.5 Å². The van der Waals surface area contributed by atoms with Gasteiger partial charge in [0.15, 0.2) is 5.78 Å². The number of Topliss-reactive ketones (excluding diaryl/α,β-unsaturated/α-hetero) is 1.